The fourth-order valence-corrected chi connectivity index (χ4v) is 3.20. The van der Waals surface area contributed by atoms with Gasteiger partial charge in [-0.3, -0.25) is 4.99 Å². The maximum absolute atomic E-state index is 11.2. The van der Waals surface area contributed by atoms with E-state index in [1.165, 1.54) is 6.07 Å². The maximum Gasteiger partial charge on any atom is 0.247 e. The van der Waals surface area contributed by atoms with E-state index in [9.17, 15) is 8.42 Å². The van der Waals surface area contributed by atoms with Crippen LogP contribution in [0.1, 0.15) is 25.1 Å². The molecule has 6 nitrogen and oxygen atoms in total. The van der Waals surface area contributed by atoms with Crippen molar-refractivity contribution in [3.63, 3.8) is 0 Å². The topological polar surface area (TPSA) is 96.6 Å². The van der Waals surface area contributed by atoms with Gasteiger partial charge in [0.05, 0.1) is 6.54 Å². The SMILES string of the molecule is CN=C(NCCC(C)C)NCc1ccc(S(N)(=O)=O)s1.I. The van der Waals surface area contributed by atoms with Gasteiger partial charge in [-0.15, -0.1) is 35.3 Å². The normalized spacial score (nSPS) is 12.1. The Balaban J connectivity index is 0.00000400. The summed E-state index contributed by atoms with van der Waals surface area (Å²) in [5, 5.41) is 11.4. The number of halogens is 1. The van der Waals surface area contributed by atoms with Crippen LogP contribution in [0.25, 0.3) is 0 Å². The third-order valence-corrected chi connectivity index (χ3v) is 5.11. The number of thiophene rings is 1. The van der Waals surface area contributed by atoms with Gasteiger partial charge in [0.15, 0.2) is 5.96 Å². The Hall–Kier alpha value is -0.390. The van der Waals surface area contributed by atoms with Gasteiger partial charge in [0.2, 0.25) is 10.0 Å². The van der Waals surface area contributed by atoms with Crippen molar-refractivity contribution >= 4 is 51.3 Å². The summed E-state index contributed by atoms with van der Waals surface area (Å²) in [5.74, 6) is 1.34. The molecule has 4 N–H and O–H groups in total. The first kappa shape index (κ1) is 20.6. The predicted molar refractivity (Wildman–Crippen MR) is 98.8 cm³/mol. The summed E-state index contributed by atoms with van der Waals surface area (Å²) >= 11 is 1.16. The summed E-state index contributed by atoms with van der Waals surface area (Å²) in [6.45, 7) is 5.70. The fraction of sp³-hybridized carbons (Fsp3) is 0.583. The van der Waals surface area contributed by atoms with Gasteiger partial charge in [0.1, 0.15) is 4.21 Å². The van der Waals surface area contributed by atoms with Crippen molar-refractivity contribution in [3.05, 3.63) is 17.0 Å². The highest BCUT2D eigenvalue weighted by Gasteiger charge is 2.11. The van der Waals surface area contributed by atoms with Crippen LogP contribution in [0.5, 0.6) is 0 Å². The molecular formula is C12H23IN4O2S2. The molecule has 21 heavy (non-hydrogen) atoms. The summed E-state index contributed by atoms with van der Waals surface area (Å²) in [7, 11) is -1.90. The molecule has 0 saturated heterocycles. The molecule has 0 bridgehead atoms. The van der Waals surface area contributed by atoms with Crippen LogP contribution in [0, 0.1) is 5.92 Å². The van der Waals surface area contributed by atoms with E-state index < -0.39 is 10.0 Å². The molecule has 0 aliphatic rings. The molecule has 1 heterocycles. The lowest BCUT2D eigenvalue weighted by atomic mass is 10.1. The van der Waals surface area contributed by atoms with Crippen molar-refractivity contribution in [2.24, 2.45) is 16.0 Å². The Morgan fingerprint density at radius 2 is 2.05 bits per heavy atom. The first-order valence-corrected chi connectivity index (χ1v) is 8.75. The first-order valence-electron chi connectivity index (χ1n) is 6.39. The largest absolute Gasteiger partial charge is 0.356 e. The third kappa shape index (κ3) is 7.98. The number of nitrogens with one attached hydrogen (secondary N) is 2. The minimum absolute atomic E-state index is 0. The quantitative estimate of drug-likeness (QED) is 0.352. The van der Waals surface area contributed by atoms with Gasteiger partial charge < -0.3 is 10.6 Å². The molecule has 0 aliphatic carbocycles. The molecule has 0 unspecified atom stereocenters. The van der Waals surface area contributed by atoms with Crippen LogP contribution < -0.4 is 15.8 Å². The van der Waals surface area contributed by atoms with Crippen LogP contribution in [-0.4, -0.2) is 28.0 Å². The molecule has 122 valence electrons. The Bertz CT molecular complexity index is 555. The first-order chi connectivity index (χ1) is 9.32. The van der Waals surface area contributed by atoms with E-state index in [4.69, 9.17) is 5.14 Å². The van der Waals surface area contributed by atoms with E-state index in [2.05, 4.69) is 29.5 Å². The van der Waals surface area contributed by atoms with Gasteiger partial charge in [-0.1, -0.05) is 13.8 Å². The van der Waals surface area contributed by atoms with E-state index in [-0.39, 0.29) is 28.2 Å². The summed E-state index contributed by atoms with van der Waals surface area (Å²) in [4.78, 5) is 5.00. The van der Waals surface area contributed by atoms with Crippen molar-refractivity contribution in [1.82, 2.24) is 10.6 Å². The van der Waals surface area contributed by atoms with Crippen molar-refractivity contribution < 1.29 is 8.42 Å². The molecule has 0 saturated carbocycles. The number of guanidine groups is 1. The van der Waals surface area contributed by atoms with Gasteiger partial charge in [-0.05, 0) is 24.5 Å². The highest BCUT2D eigenvalue weighted by atomic mass is 127. The minimum Gasteiger partial charge on any atom is -0.356 e. The summed E-state index contributed by atoms with van der Waals surface area (Å²) in [5.41, 5.74) is 0. The smallest absolute Gasteiger partial charge is 0.247 e. The average molecular weight is 446 g/mol. The summed E-state index contributed by atoms with van der Waals surface area (Å²) in [6, 6.07) is 3.27. The van der Waals surface area contributed by atoms with Crippen LogP contribution in [0.2, 0.25) is 0 Å². The van der Waals surface area contributed by atoms with Crippen LogP contribution in [0.4, 0.5) is 0 Å². The van der Waals surface area contributed by atoms with E-state index >= 15 is 0 Å². The second kappa shape index (κ2) is 9.59. The molecule has 0 amide bonds. The number of nitrogens with two attached hydrogens (primary N) is 1. The molecule has 0 aromatic carbocycles. The van der Waals surface area contributed by atoms with Gasteiger partial charge in [0.25, 0.3) is 0 Å². The molecule has 0 aliphatic heterocycles. The van der Waals surface area contributed by atoms with Crippen molar-refractivity contribution in [2.75, 3.05) is 13.6 Å². The highest BCUT2D eigenvalue weighted by Crippen LogP contribution is 2.19. The molecule has 0 fully saturated rings. The Morgan fingerprint density at radius 3 is 2.52 bits per heavy atom. The van der Waals surface area contributed by atoms with E-state index in [1.807, 2.05) is 0 Å². The lowest BCUT2D eigenvalue weighted by Gasteiger charge is -2.12. The Labute approximate surface area is 147 Å². The van der Waals surface area contributed by atoms with Crippen LogP contribution in [0.15, 0.2) is 21.3 Å². The fourth-order valence-electron chi connectivity index (χ4n) is 1.48. The lowest BCUT2D eigenvalue weighted by molar-refractivity contribution is 0.573. The molecule has 0 spiro atoms. The van der Waals surface area contributed by atoms with Gasteiger partial charge in [-0.2, -0.15) is 0 Å². The number of nitrogens with zero attached hydrogens (tertiary/aromatic N) is 1. The lowest BCUT2D eigenvalue weighted by Crippen LogP contribution is -2.37. The van der Waals surface area contributed by atoms with Crippen molar-refractivity contribution in [2.45, 2.75) is 31.0 Å². The number of aliphatic imine (C=N–C) groups is 1. The van der Waals surface area contributed by atoms with Gasteiger partial charge >= 0.3 is 0 Å². The van der Waals surface area contributed by atoms with E-state index in [1.54, 1.807) is 13.1 Å². The zero-order valence-electron chi connectivity index (χ0n) is 12.4. The Morgan fingerprint density at radius 1 is 1.38 bits per heavy atom. The number of primary sulfonamides is 1. The molecule has 0 radical (unpaired) electrons. The number of rotatable bonds is 6. The van der Waals surface area contributed by atoms with Crippen LogP contribution >= 0.6 is 35.3 Å². The standard InChI is InChI=1S/C12H22N4O2S2.HI/c1-9(2)6-7-15-12(14-3)16-8-10-4-5-11(19-10)20(13,17)18;/h4-5,9H,6-8H2,1-3H3,(H2,13,17,18)(H2,14,15,16);1H. The van der Waals surface area contributed by atoms with E-state index in [0.717, 1.165) is 29.2 Å². The summed E-state index contributed by atoms with van der Waals surface area (Å²) < 4.78 is 22.5. The zero-order chi connectivity index (χ0) is 15.2. The molecule has 1 aromatic rings. The van der Waals surface area contributed by atoms with Crippen LogP contribution in [-0.2, 0) is 16.6 Å². The third-order valence-electron chi connectivity index (χ3n) is 2.59. The maximum atomic E-state index is 11.2. The Kier molecular flexibility index (Phi) is 9.41. The van der Waals surface area contributed by atoms with Crippen molar-refractivity contribution in [3.8, 4) is 0 Å². The molecular weight excluding hydrogens is 423 g/mol. The molecule has 0 atom stereocenters. The van der Waals surface area contributed by atoms with Gasteiger partial charge in [-0.25, -0.2) is 13.6 Å². The number of sulfonamides is 1. The number of hydrogen-bond donors (Lipinski definition) is 3. The molecule has 1 rings (SSSR count). The van der Waals surface area contributed by atoms with E-state index in [0.29, 0.717) is 18.4 Å². The molecule has 9 heteroatoms. The monoisotopic (exact) mass is 446 g/mol. The second-order valence-electron chi connectivity index (χ2n) is 4.80. The van der Waals surface area contributed by atoms with Gasteiger partial charge in [0, 0.05) is 18.5 Å². The average Bonchev–Trinajstić information content (AvgIpc) is 2.81. The second-order valence-corrected chi connectivity index (χ2v) is 7.76. The summed E-state index contributed by atoms with van der Waals surface area (Å²) in [6.07, 6.45) is 1.06. The van der Waals surface area contributed by atoms with Crippen molar-refractivity contribution in [1.29, 1.82) is 0 Å². The van der Waals surface area contributed by atoms with Crippen LogP contribution in [0.3, 0.4) is 0 Å². The predicted octanol–water partition coefficient (Wildman–Crippen LogP) is 1.72. The zero-order valence-corrected chi connectivity index (χ0v) is 16.4. The molecule has 1 aromatic heterocycles. The highest BCUT2D eigenvalue weighted by molar-refractivity contribution is 14.0. The minimum atomic E-state index is -3.60. The number of hydrogen-bond acceptors (Lipinski definition) is 4.